The van der Waals surface area contributed by atoms with Crippen molar-refractivity contribution in [3.8, 4) is 10.6 Å². The SMILES string of the molecule is O=C(CNc1nccc2c1CCCC2)c1csc(-c2ccccc2)n1. The Morgan fingerprint density at radius 2 is 1.96 bits per heavy atom. The molecule has 0 aliphatic heterocycles. The Balaban J connectivity index is 1.46. The normalized spacial score (nSPS) is 13.3. The molecule has 5 heteroatoms. The molecule has 1 aliphatic carbocycles. The third-order valence-corrected chi connectivity index (χ3v) is 5.39. The second-order valence-corrected chi connectivity index (χ2v) is 7.04. The predicted octanol–water partition coefficient (Wildman–Crippen LogP) is 4.38. The molecule has 0 saturated carbocycles. The van der Waals surface area contributed by atoms with Gasteiger partial charge >= 0.3 is 0 Å². The van der Waals surface area contributed by atoms with E-state index in [2.05, 4.69) is 21.4 Å². The Kier molecular flexibility index (Phi) is 4.57. The first-order valence-electron chi connectivity index (χ1n) is 8.56. The number of ketones is 1. The van der Waals surface area contributed by atoms with Crippen LogP contribution in [0.4, 0.5) is 5.82 Å². The van der Waals surface area contributed by atoms with E-state index in [9.17, 15) is 4.79 Å². The van der Waals surface area contributed by atoms with Crippen molar-refractivity contribution in [3.05, 3.63) is 64.8 Å². The number of fused-ring (bicyclic) bond motifs is 1. The number of Topliss-reactive ketones (excluding diaryl/α,β-unsaturated/α-hetero) is 1. The number of carbonyl (C=O) groups excluding carboxylic acids is 1. The average molecular weight is 349 g/mol. The fraction of sp³-hybridized carbons (Fsp3) is 0.250. The fourth-order valence-corrected chi connectivity index (χ4v) is 4.02. The van der Waals surface area contributed by atoms with Gasteiger partial charge in [0.25, 0.3) is 0 Å². The molecule has 4 rings (SSSR count). The molecule has 0 amide bonds. The van der Waals surface area contributed by atoms with Gasteiger partial charge in [0, 0.05) is 17.1 Å². The molecule has 2 heterocycles. The number of benzene rings is 1. The summed E-state index contributed by atoms with van der Waals surface area (Å²) in [7, 11) is 0. The summed E-state index contributed by atoms with van der Waals surface area (Å²) in [6, 6.07) is 12.0. The Hall–Kier alpha value is -2.53. The minimum Gasteiger partial charge on any atom is -0.362 e. The number of hydrogen-bond acceptors (Lipinski definition) is 5. The molecule has 0 radical (unpaired) electrons. The lowest BCUT2D eigenvalue weighted by Crippen LogP contribution is -2.17. The van der Waals surface area contributed by atoms with Crippen molar-refractivity contribution >= 4 is 22.9 Å². The number of carbonyl (C=O) groups is 1. The summed E-state index contributed by atoms with van der Waals surface area (Å²) in [6.45, 7) is 0.224. The summed E-state index contributed by atoms with van der Waals surface area (Å²) in [4.78, 5) is 21.4. The summed E-state index contributed by atoms with van der Waals surface area (Å²) in [5, 5.41) is 5.93. The number of pyridine rings is 1. The van der Waals surface area contributed by atoms with E-state index in [0.717, 1.165) is 29.2 Å². The van der Waals surface area contributed by atoms with Crippen molar-refractivity contribution in [2.75, 3.05) is 11.9 Å². The fourth-order valence-electron chi connectivity index (χ4n) is 3.18. The monoisotopic (exact) mass is 349 g/mol. The number of nitrogens with zero attached hydrogens (tertiary/aromatic N) is 2. The molecule has 0 bridgehead atoms. The summed E-state index contributed by atoms with van der Waals surface area (Å²) in [6.07, 6.45) is 6.39. The second-order valence-electron chi connectivity index (χ2n) is 6.18. The van der Waals surface area contributed by atoms with Crippen LogP contribution in [0, 0.1) is 0 Å². The Labute approximate surface area is 151 Å². The molecule has 0 fully saturated rings. The molecule has 4 nitrogen and oxygen atoms in total. The average Bonchev–Trinajstić information content (AvgIpc) is 3.17. The largest absolute Gasteiger partial charge is 0.362 e. The minimum atomic E-state index is -0.00589. The van der Waals surface area contributed by atoms with Gasteiger partial charge in [-0.2, -0.15) is 0 Å². The van der Waals surface area contributed by atoms with E-state index in [1.807, 2.05) is 41.9 Å². The van der Waals surface area contributed by atoms with Gasteiger partial charge < -0.3 is 5.32 Å². The number of rotatable bonds is 5. The van der Waals surface area contributed by atoms with Gasteiger partial charge in [-0.1, -0.05) is 30.3 Å². The van der Waals surface area contributed by atoms with Crippen molar-refractivity contribution in [1.29, 1.82) is 0 Å². The molecule has 0 spiro atoms. The molecule has 1 aromatic carbocycles. The highest BCUT2D eigenvalue weighted by atomic mass is 32.1. The van der Waals surface area contributed by atoms with Crippen LogP contribution < -0.4 is 5.32 Å². The predicted molar refractivity (Wildman–Crippen MR) is 101 cm³/mol. The van der Waals surface area contributed by atoms with Crippen LogP contribution >= 0.6 is 11.3 Å². The maximum Gasteiger partial charge on any atom is 0.201 e. The van der Waals surface area contributed by atoms with Gasteiger partial charge in [-0.15, -0.1) is 11.3 Å². The van der Waals surface area contributed by atoms with Gasteiger partial charge in [0.05, 0.1) is 6.54 Å². The van der Waals surface area contributed by atoms with Crippen molar-refractivity contribution in [3.63, 3.8) is 0 Å². The number of anilines is 1. The van der Waals surface area contributed by atoms with Crippen LogP contribution in [0.5, 0.6) is 0 Å². The first-order valence-corrected chi connectivity index (χ1v) is 9.44. The molecular weight excluding hydrogens is 330 g/mol. The third-order valence-electron chi connectivity index (χ3n) is 4.50. The van der Waals surface area contributed by atoms with E-state index in [1.165, 1.54) is 35.3 Å². The zero-order valence-electron chi connectivity index (χ0n) is 13.9. The van der Waals surface area contributed by atoms with Crippen LogP contribution in [0.15, 0.2) is 48.0 Å². The number of thiazole rings is 1. The van der Waals surface area contributed by atoms with Gasteiger partial charge in [0.2, 0.25) is 5.78 Å². The highest BCUT2D eigenvalue weighted by Crippen LogP contribution is 2.26. The number of nitrogens with one attached hydrogen (secondary N) is 1. The number of aromatic nitrogens is 2. The van der Waals surface area contributed by atoms with Gasteiger partial charge in [-0.25, -0.2) is 9.97 Å². The molecular formula is C20H19N3OS. The highest BCUT2D eigenvalue weighted by molar-refractivity contribution is 7.13. The van der Waals surface area contributed by atoms with E-state index in [4.69, 9.17) is 0 Å². The van der Waals surface area contributed by atoms with Crippen molar-refractivity contribution in [2.45, 2.75) is 25.7 Å². The van der Waals surface area contributed by atoms with Crippen LogP contribution in [-0.4, -0.2) is 22.3 Å². The van der Waals surface area contributed by atoms with Gasteiger partial charge in [0.15, 0.2) is 0 Å². The van der Waals surface area contributed by atoms with Crippen molar-refractivity contribution in [1.82, 2.24) is 9.97 Å². The lowest BCUT2D eigenvalue weighted by molar-refractivity contribution is 0.100. The van der Waals surface area contributed by atoms with Crippen LogP contribution in [-0.2, 0) is 12.8 Å². The van der Waals surface area contributed by atoms with Gasteiger partial charge in [0.1, 0.15) is 16.5 Å². The number of aryl methyl sites for hydroxylation is 1. The van der Waals surface area contributed by atoms with Gasteiger partial charge in [-0.05, 0) is 42.9 Å². The first kappa shape index (κ1) is 16.0. The van der Waals surface area contributed by atoms with Crippen molar-refractivity contribution in [2.24, 2.45) is 0 Å². The van der Waals surface area contributed by atoms with E-state index < -0.39 is 0 Å². The number of hydrogen-bond donors (Lipinski definition) is 1. The lowest BCUT2D eigenvalue weighted by Gasteiger charge is -2.18. The van der Waals surface area contributed by atoms with E-state index in [-0.39, 0.29) is 12.3 Å². The molecule has 0 saturated heterocycles. The van der Waals surface area contributed by atoms with E-state index >= 15 is 0 Å². The second kappa shape index (κ2) is 7.15. The summed E-state index contributed by atoms with van der Waals surface area (Å²) < 4.78 is 0. The van der Waals surface area contributed by atoms with E-state index in [1.54, 1.807) is 0 Å². The molecule has 3 aromatic rings. The smallest absolute Gasteiger partial charge is 0.201 e. The lowest BCUT2D eigenvalue weighted by atomic mass is 9.92. The molecule has 1 N–H and O–H groups in total. The highest BCUT2D eigenvalue weighted by Gasteiger charge is 2.16. The Bertz CT molecular complexity index is 889. The molecule has 0 unspecified atom stereocenters. The standard InChI is InChI=1S/C20H19N3OS/c24-18(17-13-25-20(23-17)15-7-2-1-3-8-15)12-22-19-16-9-5-4-6-14(16)10-11-21-19/h1-3,7-8,10-11,13H,4-6,9,12H2,(H,21,22). The van der Waals surface area contributed by atoms with Gasteiger partial charge in [-0.3, -0.25) is 4.79 Å². The molecule has 1 aliphatic rings. The summed E-state index contributed by atoms with van der Waals surface area (Å²) in [5.74, 6) is 0.845. The quantitative estimate of drug-likeness (QED) is 0.695. The van der Waals surface area contributed by atoms with Crippen LogP contribution in [0.1, 0.15) is 34.5 Å². The Morgan fingerprint density at radius 3 is 2.84 bits per heavy atom. The molecule has 25 heavy (non-hydrogen) atoms. The summed E-state index contributed by atoms with van der Waals surface area (Å²) >= 11 is 1.50. The van der Waals surface area contributed by atoms with Crippen LogP contribution in [0.25, 0.3) is 10.6 Å². The molecule has 0 atom stereocenters. The van der Waals surface area contributed by atoms with Crippen molar-refractivity contribution < 1.29 is 4.79 Å². The maximum absolute atomic E-state index is 12.5. The molecule has 2 aromatic heterocycles. The topological polar surface area (TPSA) is 54.9 Å². The first-order chi connectivity index (χ1) is 12.3. The Morgan fingerprint density at radius 1 is 1.12 bits per heavy atom. The maximum atomic E-state index is 12.5. The zero-order chi connectivity index (χ0) is 17.1. The minimum absolute atomic E-state index is 0.00589. The van der Waals surface area contributed by atoms with E-state index in [0.29, 0.717) is 5.69 Å². The van der Waals surface area contributed by atoms with Crippen LogP contribution in [0.3, 0.4) is 0 Å². The summed E-state index contributed by atoms with van der Waals surface area (Å²) in [5.41, 5.74) is 4.18. The zero-order valence-corrected chi connectivity index (χ0v) is 14.7. The third kappa shape index (κ3) is 3.46. The van der Waals surface area contributed by atoms with Crippen LogP contribution in [0.2, 0.25) is 0 Å². The molecule has 126 valence electrons.